The first kappa shape index (κ1) is 31.0. The standard InChI is InChI=1S/C3H6O.2H3N.H2O/c1-2-3-4;;;/h3H,2H2,1H3;2*1H3;1H2. The smallest absolute Gasteiger partial charge is 0.119 e. The van der Waals surface area contributed by atoms with Crippen LogP contribution >= 0.6 is 0 Å². The van der Waals surface area contributed by atoms with Crippen molar-refractivity contribution in [2.24, 2.45) is 0 Å². The molecule has 0 rings (SSSR count). The average Bonchev–Trinajstić information content (AvgIpc) is 1.37. The fourth-order valence-electron chi connectivity index (χ4n) is 0. The van der Waals surface area contributed by atoms with Crippen LogP contribution in [0.25, 0.3) is 0 Å². The molecule has 0 spiro atoms. The molecule has 0 amide bonds. The highest BCUT2D eigenvalue weighted by Gasteiger charge is 1.52. The van der Waals surface area contributed by atoms with E-state index in [0.29, 0.717) is 6.42 Å². The first-order valence-corrected chi connectivity index (χ1v) is 1.35. The molecule has 0 unspecified atom stereocenters. The Morgan fingerprint density at radius 3 is 1.57 bits per heavy atom. The van der Waals surface area contributed by atoms with E-state index in [1.54, 1.807) is 0 Å². The highest BCUT2D eigenvalue weighted by atomic mass is 16.1. The third-order valence-corrected chi connectivity index (χ3v) is 0.167. The quantitative estimate of drug-likeness (QED) is 0.465. The zero-order chi connectivity index (χ0) is 3.41. The highest BCUT2D eigenvalue weighted by molar-refractivity contribution is 5.48. The third kappa shape index (κ3) is 231. The van der Waals surface area contributed by atoms with E-state index in [-0.39, 0.29) is 17.8 Å². The van der Waals surface area contributed by atoms with Crippen LogP contribution in [0.2, 0.25) is 0 Å². The second kappa shape index (κ2) is 47.8. The van der Waals surface area contributed by atoms with Gasteiger partial charge in [-0.25, -0.2) is 0 Å². The van der Waals surface area contributed by atoms with E-state index < -0.39 is 0 Å². The lowest BCUT2D eigenvalue weighted by Crippen LogP contribution is -1.55. The van der Waals surface area contributed by atoms with Gasteiger partial charge in [0, 0.05) is 6.42 Å². The molecule has 0 bridgehead atoms. The number of carbonyl (C=O) groups is 1. The summed E-state index contributed by atoms with van der Waals surface area (Å²) in [6.45, 7) is 1.81. The molecule has 4 heteroatoms. The van der Waals surface area contributed by atoms with Crippen LogP contribution in [-0.2, 0) is 4.79 Å². The van der Waals surface area contributed by atoms with Gasteiger partial charge >= 0.3 is 0 Å². The predicted octanol–water partition coefficient (Wildman–Crippen LogP) is 0.0946. The molecule has 0 aliphatic carbocycles. The molecule has 0 fully saturated rings. The van der Waals surface area contributed by atoms with Crippen molar-refractivity contribution in [3.8, 4) is 0 Å². The number of aldehydes is 1. The van der Waals surface area contributed by atoms with E-state index >= 15 is 0 Å². The molecule has 0 aromatic rings. The van der Waals surface area contributed by atoms with Crippen molar-refractivity contribution in [1.82, 2.24) is 12.3 Å². The highest BCUT2D eigenvalue weighted by Crippen LogP contribution is 1.53. The van der Waals surface area contributed by atoms with Gasteiger partial charge in [-0.05, 0) is 0 Å². The molecule has 0 aromatic carbocycles. The Hall–Kier alpha value is -0.450. The van der Waals surface area contributed by atoms with Crippen molar-refractivity contribution in [3.63, 3.8) is 0 Å². The van der Waals surface area contributed by atoms with Crippen molar-refractivity contribution in [2.75, 3.05) is 0 Å². The minimum absolute atomic E-state index is 0. The molecule has 0 atom stereocenters. The molecule has 7 heavy (non-hydrogen) atoms. The van der Waals surface area contributed by atoms with Crippen LogP contribution in [0.3, 0.4) is 0 Å². The van der Waals surface area contributed by atoms with Crippen LogP contribution in [0.4, 0.5) is 0 Å². The van der Waals surface area contributed by atoms with Gasteiger partial charge in [-0.2, -0.15) is 0 Å². The minimum atomic E-state index is 0. The summed E-state index contributed by atoms with van der Waals surface area (Å²) in [6, 6.07) is 0. The molecule has 48 valence electrons. The van der Waals surface area contributed by atoms with E-state index in [9.17, 15) is 4.79 Å². The molecule has 4 nitrogen and oxygen atoms in total. The molecule has 0 aliphatic heterocycles. The topological polar surface area (TPSA) is 119 Å². The zero-order valence-corrected chi connectivity index (χ0v) is 4.61. The fraction of sp³-hybridized carbons (Fsp3) is 0.667. The number of hydrogen-bond donors (Lipinski definition) is 2. The van der Waals surface area contributed by atoms with E-state index in [0.717, 1.165) is 6.29 Å². The summed E-state index contributed by atoms with van der Waals surface area (Å²) in [5.74, 6) is 0. The van der Waals surface area contributed by atoms with E-state index in [4.69, 9.17) is 0 Å². The summed E-state index contributed by atoms with van der Waals surface area (Å²) in [4.78, 5) is 9.17. The van der Waals surface area contributed by atoms with Gasteiger partial charge in [-0.3, -0.25) is 0 Å². The Morgan fingerprint density at radius 2 is 1.57 bits per heavy atom. The molecule has 0 radical (unpaired) electrons. The van der Waals surface area contributed by atoms with Crippen molar-refractivity contribution in [3.05, 3.63) is 0 Å². The first-order valence-electron chi connectivity index (χ1n) is 1.35. The normalized spacial score (nSPS) is 3.57. The summed E-state index contributed by atoms with van der Waals surface area (Å²) in [5.41, 5.74) is 0. The minimum Gasteiger partial charge on any atom is -0.412 e. The van der Waals surface area contributed by atoms with Gasteiger partial charge in [0.1, 0.15) is 6.29 Å². The Balaban J connectivity index is -0.0000000150. The molecule has 0 heterocycles. The van der Waals surface area contributed by atoms with Gasteiger partial charge < -0.3 is 22.6 Å². The Kier molecular flexibility index (Phi) is 212. The maximum Gasteiger partial charge on any atom is 0.119 e. The van der Waals surface area contributed by atoms with Crippen LogP contribution in [0.15, 0.2) is 0 Å². The Morgan fingerprint density at radius 1 is 1.43 bits per heavy atom. The number of hydrogen-bond acceptors (Lipinski definition) is 3. The Bertz CT molecular complexity index is 24.9. The molecular weight excluding hydrogens is 96.0 g/mol. The van der Waals surface area contributed by atoms with Crippen LogP contribution in [-0.4, -0.2) is 11.8 Å². The summed E-state index contributed by atoms with van der Waals surface area (Å²) < 4.78 is 0. The van der Waals surface area contributed by atoms with E-state index in [1.165, 1.54) is 0 Å². The monoisotopic (exact) mass is 110 g/mol. The van der Waals surface area contributed by atoms with Gasteiger partial charge in [-0.15, -0.1) is 0 Å². The van der Waals surface area contributed by atoms with Crippen molar-refractivity contribution < 1.29 is 10.3 Å². The van der Waals surface area contributed by atoms with E-state index in [2.05, 4.69) is 0 Å². The second-order valence-electron chi connectivity index (χ2n) is 0.575. The Labute approximate surface area is 43.4 Å². The van der Waals surface area contributed by atoms with Gasteiger partial charge in [0.05, 0.1) is 0 Å². The van der Waals surface area contributed by atoms with Crippen LogP contribution in [0.5, 0.6) is 0 Å². The molecule has 0 aromatic heterocycles. The van der Waals surface area contributed by atoms with Gasteiger partial charge in [0.25, 0.3) is 0 Å². The zero-order valence-electron chi connectivity index (χ0n) is 4.61. The van der Waals surface area contributed by atoms with Crippen LogP contribution in [0, 0.1) is 0 Å². The third-order valence-electron chi connectivity index (χ3n) is 0.167. The predicted molar refractivity (Wildman–Crippen MR) is 30.0 cm³/mol. The lowest BCUT2D eigenvalue weighted by molar-refractivity contribution is -0.107. The largest absolute Gasteiger partial charge is 0.412 e. The summed E-state index contributed by atoms with van der Waals surface area (Å²) in [6.07, 6.45) is 1.51. The van der Waals surface area contributed by atoms with Crippen LogP contribution < -0.4 is 12.3 Å². The molecule has 0 saturated heterocycles. The van der Waals surface area contributed by atoms with Crippen molar-refractivity contribution in [2.45, 2.75) is 13.3 Å². The second-order valence-corrected chi connectivity index (χ2v) is 0.575. The molecular formula is C3H14N2O2. The number of carbonyl (C=O) groups excluding carboxylic acids is 1. The maximum atomic E-state index is 9.17. The van der Waals surface area contributed by atoms with Gasteiger partial charge in [0.2, 0.25) is 0 Å². The van der Waals surface area contributed by atoms with Crippen LogP contribution in [0.1, 0.15) is 13.3 Å². The van der Waals surface area contributed by atoms with Gasteiger partial charge in [0.15, 0.2) is 0 Å². The lowest BCUT2D eigenvalue weighted by Gasteiger charge is -1.51. The van der Waals surface area contributed by atoms with Gasteiger partial charge in [-0.1, -0.05) is 6.92 Å². The first-order chi connectivity index (χ1) is 1.91. The number of rotatable bonds is 1. The van der Waals surface area contributed by atoms with Crippen molar-refractivity contribution in [1.29, 1.82) is 0 Å². The summed E-state index contributed by atoms with van der Waals surface area (Å²) in [7, 11) is 0. The average molecular weight is 110 g/mol. The van der Waals surface area contributed by atoms with Crippen molar-refractivity contribution >= 4 is 6.29 Å². The fourth-order valence-corrected chi connectivity index (χ4v) is 0. The SMILES string of the molecule is CCC=O.N.N.O. The molecule has 0 aliphatic rings. The van der Waals surface area contributed by atoms with E-state index in [1.807, 2.05) is 6.92 Å². The molecule has 8 N–H and O–H groups in total. The molecule has 0 saturated carbocycles. The lowest BCUT2D eigenvalue weighted by atomic mass is 10.6. The summed E-state index contributed by atoms with van der Waals surface area (Å²) >= 11 is 0. The maximum absolute atomic E-state index is 9.17. The summed E-state index contributed by atoms with van der Waals surface area (Å²) in [5, 5.41) is 0.